The fourth-order valence-electron chi connectivity index (χ4n) is 2.82. The van der Waals surface area contributed by atoms with E-state index in [1.807, 2.05) is 6.92 Å². The minimum Gasteiger partial charge on any atom is -0.324 e. The Hall–Kier alpha value is -2.73. The van der Waals surface area contributed by atoms with Crippen molar-refractivity contribution in [1.29, 1.82) is 0 Å². The number of imide groups is 1. The number of rotatable bonds is 5. The van der Waals surface area contributed by atoms with E-state index < -0.39 is 11.7 Å². The van der Waals surface area contributed by atoms with Crippen LogP contribution in [0.25, 0.3) is 0 Å². The highest BCUT2D eigenvalue weighted by Crippen LogP contribution is 2.25. The molecule has 2 aromatic rings. The molecule has 0 saturated carbocycles. The molecule has 7 heteroatoms. The van der Waals surface area contributed by atoms with Gasteiger partial charge in [0.1, 0.15) is 0 Å². The first-order valence-electron chi connectivity index (χ1n) is 8.09. The first-order valence-corrected chi connectivity index (χ1v) is 8.47. The summed E-state index contributed by atoms with van der Waals surface area (Å²) in [6.45, 7) is 1.97. The van der Waals surface area contributed by atoms with Crippen LogP contribution in [-0.2, 0) is 4.79 Å². The van der Waals surface area contributed by atoms with Crippen LogP contribution >= 0.6 is 11.6 Å². The zero-order chi connectivity index (χ0) is 18.8. The van der Waals surface area contributed by atoms with Gasteiger partial charge >= 0.3 is 0 Å². The van der Waals surface area contributed by atoms with E-state index in [0.717, 1.165) is 10.5 Å². The predicted molar refractivity (Wildman–Crippen MR) is 95.8 cm³/mol. The topological polar surface area (TPSA) is 66.5 Å². The van der Waals surface area contributed by atoms with Crippen molar-refractivity contribution in [3.05, 3.63) is 63.9 Å². The van der Waals surface area contributed by atoms with Crippen LogP contribution in [0.1, 0.15) is 39.1 Å². The van der Waals surface area contributed by atoms with Gasteiger partial charge in [0.25, 0.3) is 11.8 Å². The Labute approximate surface area is 154 Å². The van der Waals surface area contributed by atoms with Gasteiger partial charge in [0.05, 0.1) is 21.8 Å². The van der Waals surface area contributed by atoms with Crippen LogP contribution in [0, 0.1) is 12.7 Å². The Morgan fingerprint density at radius 1 is 1.15 bits per heavy atom. The van der Waals surface area contributed by atoms with Gasteiger partial charge in [0.15, 0.2) is 5.82 Å². The first-order chi connectivity index (χ1) is 12.4. The molecule has 3 amide bonds. The summed E-state index contributed by atoms with van der Waals surface area (Å²) in [4.78, 5) is 37.8. The van der Waals surface area contributed by atoms with E-state index in [1.54, 1.807) is 18.2 Å². The quantitative estimate of drug-likeness (QED) is 0.809. The average molecular weight is 375 g/mol. The van der Waals surface area contributed by atoms with Crippen LogP contribution in [-0.4, -0.2) is 29.2 Å². The third-order valence-electron chi connectivity index (χ3n) is 4.14. The molecule has 1 heterocycles. The van der Waals surface area contributed by atoms with Crippen LogP contribution in [0.5, 0.6) is 0 Å². The van der Waals surface area contributed by atoms with Gasteiger partial charge in [-0.2, -0.15) is 0 Å². The van der Waals surface area contributed by atoms with E-state index in [4.69, 9.17) is 11.6 Å². The third kappa shape index (κ3) is 3.46. The van der Waals surface area contributed by atoms with E-state index in [9.17, 15) is 18.8 Å². The number of hydrogen-bond donors (Lipinski definition) is 1. The van der Waals surface area contributed by atoms with Crippen molar-refractivity contribution in [2.45, 2.75) is 19.8 Å². The molecule has 5 nitrogen and oxygen atoms in total. The standard InChI is InChI=1S/C19H16ClFN2O3/c1-11-7-8-12-13(10-11)19(26)23(18(12)25)9-3-6-16(24)22-15-5-2-4-14(20)17(15)21/h2,4-5,7-8,10H,3,6,9H2,1H3,(H,22,24). The molecular weight excluding hydrogens is 359 g/mol. The van der Waals surface area contributed by atoms with E-state index in [0.29, 0.717) is 11.1 Å². The number of anilines is 1. The number of hydrogen-bond acceptors (Lipinski definition) is 3. The van der Waals surface area contributed by atoms with Crippen molar-refractivity contribution in [1.82, 2.24) is 4.90 Å². The molecule has 0 aromatic heterocycles. The van der Waals surface area contributed by atoms with Gasteiger partial charge < -0.3 is 5.32 Å². The zero-order valence-electron chi connectivity index (χ0n) is 14.0. The number of carbonyl (C=O) groups excluding carboxylic acids is 3. The minimum absolute atomic E-state index is 0.00120. The van der Waals surface area contributed by atoms with Crippen LogP contribution in [0.3, 0.4) is 0 Å². The summed E-state index contributed by atoms with van der Waals surface area (Å²) >= 11 is 5.67. The highest BCUT2D eigenvalue weighted by molar-refractivity contribution is 6.31. The molecular formula is C19H16ClFN2O3. The molecule has 26 heavy (non-hydrogen) atoms. The average Bonchev–Trinajstić information content (AvgIpc) is 2.83. The highest BCUT2D eigenvalue weighted by Gasteiger charge is 2.34. The van der Waals surface area contributed by atoms with Gasteiger partial charge in [-0.25, -0.2) is 4.39 Å². The number of halogens is 2. The van der Waals surface area contributed by atoms with E-state index in [2.05, 4.69) is 5.32 Å². The van der Waals surface area contributed by atoms with Gasteiger partial charge in [-0.05, 0) is 37.6 Å². The second-order valence-corrected chi connectivity index (χ2v) is 6.47. The van der Waals surface area contributed by atoms with Crippen molar-refractivity contribution < 1.29 is 18.8 Å². The monoisotopic (exact) mass is 374 g/mol. The van der Waals surface area contributed by atoms with E-state index in [1.165, 1.54) is 18.2 Å². The van der Waals surface area contributed by atoms with E-state index >= 15 is 0 Å². The molecule has 0 bridgehead atoms. The largest absolute Gasteiger partial charge is 0.324 e. The molecule has 0 radical (unpaired) electrons. The fraction of sp³-hybridized carbons (Fsp3) is 0.211. The van der Waals surface area contributed by atoms with E-state index in [-0.39, 0.29) is 41.9 Å². The molecule has 0 spiro atoms. The minimum atomic E-state index is -0.696. The van der Waals surface area contributed by atoms with Crippen LogP contribution in [0.4, 0.5) is 10.1 Å². The van der Waals surface area contributed by atoms with Crippen molar-refractivity contribution in [2.24, 2.45) is 0 Å². The maximum absolute atomic E-state index is 13.8. The van der Waals surface area contributed by atoms with Crippen molar-refractivity contribution in [3.63, 3.8) is 0 Å². The number of nitrogens with one attached hydrogen (secondary N) is 1. The number of carbonyl (C=O) groups is 3. The smallest absolute Gasteiger partial charge is 0.261 e. The lowest BCUT2D eigenvalue weighted by molar-refractivity contribution is -0.116. The highest BCUT2D eigenvalue weighted by atomic mass is 35.5. The Balaban J connectivity index is 1.57. The number of benzene rings is 2. The molecule has 0 fully saturated rings. The summed E-state index contributed by atoms with van der Waals surface area (Å²) in [7, 11) is 0. The van der Waals surface area contributed by atoms with Crippen molar-refractivity contribution in [2.75, 3.05) is 11.9 Å². The maximum atomic E-state index is 13.8. The van der Waals surface area contributed by atoms with Crippen LogP contribution in [0.2, 0.25) is 5.02 Å². The molecule has 2 aromatic carbocycles. The molecule has 3 rings (SSSR count). The molecule has 134 valence electrons. The summed E-state index contributed by atoms with van der Waals surface area (Å²) in [5, 5.41) is 2.36. The van der Waals surface area contributed by atoms with Gasteiger partial charge in [0, 0.05) is 13.0 Å². The lowest BCUT2D eigenvalue weighted by atomic mass is 10.1. The molecule has 1 aliphatic heterocycles. The molecule has 1 N–H and O–H groups in total. The summed E-state index contributed by atoms with van der Waals surface area (Å²) in [5.41, 5.74) is 1.67. The molecule has 0 unspecified atom stereocenters. The fourth-order valence-corrected chi connectivity index (χ4v) is 2.99. The van der Waals surface area contributed by atoms with Crippen molar-refractivity contribution >= 4 is 35.0 Å². The predicted octanol–water partition coefficient (Wildman–Crippen LogP) is 3.80. The number of fused-ring (bicyclic) bond motifs is 1. The van der Waals surface area contributed by atoms with Gasteiger partial charge in [-0.15, -0.1) is 0 Å². The summed E-state index contributed by atoms with van der Waals surface area (Å²) in [6.07, 6.45) is 0.316. The van der Waals surface area contributed by atoms with Gasteiger partial charge in [-0.1, -0.05) is 29.3 Å². The third-order valence-corrected chi connectivity index (χ3v) is 4.43. The molecule has 0 aliphatic carbocycles. The Bertz CT molecular complexity index is 914. The van der Waals surface area contributed by atoms with Crippen molar-refractivity contribution in [3.8, 4) is 0 Å². The summed E-state index contributed by atoms with van der Waals surface area (Å²) in [6, 6.07) is 9.42. The van der Waals surface area contributed by atoms with Crippen LogP contribution in [0.15, 0.2) is 36.4 Å². The number of aryl methyl sites for hydroxylation is 1. The normalized spacial score (nSPS) is 13.1. The lowest BCUT2D eigenvalue weighted by Gasteiger charge is -2.13. The van der Waals surface area contributed by atoms with Gasteiger partial charge in [-0.3, -0.25) is 19.3 Å². The summed E-state index contributed by atoms with van der Waals surface area (Å²) < 4.78 is 13.8. The first kappa shape index (κ1) is 18.1. The maximum Gasteiger partial charge on any atom is 0.261 e. The van der Waals surface area contributed by atoms with Gasteiger partial charge in [0.2, 0.25) is 5.91 Å². The second kappa shape index (κ2) is 7.25. The SMILES string of the molecule is Cc1ccc2c(c1)C(=O)N(CCCC(=O)Nc1cccc(Cl)c1F)C2=O. The Morgan fingerprint density at radius 2 is 1.88 bits per heavy atom. The Kier molecular flexibility index (Phi) is 5.04. The number of nitrogens with zero attached hydrogens (tertiary/aromatic N) is 1. The lowest BCUT2D eigenvalue weighted by Crippen LogP contribution is -2.31. The molecule has 0 atom stereocenters. The molecule has 1 aliphatic rings. The zero-order valence-corrected chi connectivity index (χ0v) is 14.8. The Morgan fingerprint density at radius 3 is 2.65 bits per heavy atom. The molecule has 0 saturated heterocycles. The number of amides is 3. The summed E-state index contributed by atoms with van der Waals surface area (Å²) in [5.74, 6) is -1.82. The van der Waals surface area contributed by atoms with Crippen LogP contribution < -0.4 is 5.32 Å². The second-order valence-electron chi connectivity index (χ2n) is 6.06.